The van der Waals surface area contributed by atoms with Gasteiger partial charge in [-0.2, -0.15) is 0 Å². The molecule has 0 saturated heterocycles. The zero-order valence-corrected chi connectivity index (χ0v) is 13.3. The molecule has 0 fully saturated rings. The van der Waals surface area contributed by atoms with Crippen LogP contribution in [0.25, 0.3) is 0 Å². The molecule has 0 aliphatic rings. The molecule has 0 heterocycles. The Bertz CT molecular complexity index is 768. The lowest BCUT2D eigenvalue weighted by Gasteiger charge is -2.09. The molecule has 2 aromatic carbocycles. The standard InChI is InChI=1S/C15H11Cl2FN2O3/c1-23-13-5-2-8(6-12(13)18)14(21)19-20-15(22)10-7-9(16)3-4-11(10)17/h2-7H,1H3,(H,19,21)(H,20,22). The average Bonchev–Trinajstić information content (AvgIpc) is 2.54. The fraction of sp³-hybridized carbons (Fsp3) is 0.0667. The molecule has 0 aliphatic heterocycles. The molecule has 8 heteroatoms. The van der Waals surface area contributed by atoms with Crippen molar-refractivity contribution in [2.24, 2.45) is 0 Å². The number of benzene rings is 2. The Hall–Kier alpha value is -2.31. The fourth-order valence-electron chi connectivity index (χ4n) is 1.73. The highest BCUT2D eigenvalue weighted by Crippen LogP contribution is 2.20. The van der Waals surface area contributed by atoms with Crippen LogP contribution in [-0.4, -0.2) is 18.9 Å². The number of hydrogen-bond acceptors (Lipinski definition) is 3. The Morgan fingerprint density at radius 3 is 2.39 bits per heavy atom. The van der Waals surface area contributed by atoms with E-state index in [1.807, 2.05) is 0 Å². The van der Waals surface area contributed by atoms with Crippen molar-refractivity contribution in [1.82, 2.24) is 10.9 Å². The van der Waals surface area contributed by atoms with Gasteiger partial charge in [-0.15, -0.1) is 0 Å². The van der Waals surface area contributed by atoms with Crippen molar-refractivity contribution in [1.29, 1.82) is 0 Å². The van der Waals surface area contributed by atoms with Gasteiger partial charge in [-0.3, -0.25) is 20.4 Å². The van der Waals surface area contributed by atoms with E-state index in [-0.39, 0.29) is 21.9 Å². The number of hydrogen-bond donors (Lipinski definition) is 2. The molecule has 5 nitrogen and oxygen atoms in total. The first-order valence-corrected chi connectivity index (χ1v) is 7.07. The summed E-state index contributed by atoms with van der Waals surface area (Å²) in [6, 6.07) is 8.00. The minimum atomic E-state index is -0.696. The van der Waals surface area contributed by atoms with E-state index >= 15 is 0 Å². The molecule has 0 unspecified atom stereocenters. The fourth-order valence-corrected chi connectivity index (χ4v) is 2.11. The van der Waals surface area contributed by atoms with Crippen molar-refractivity contribution in [2.45, 2.75) is 0 Å². The van der Waals surface area contributed by atoms with Crippen LogP contribution in [0.5, 0.6) is 5.75 Å². The maximum atomic E-state index is 13.5. The molecule has 0 atom stereocenters. The monoisotopic (exact) mass is 356 g/mol. The molecule has 2 aromatic rings. The number of rotatable bonds is 3. The molecule has 120 valence electrons. The van der Waals surface area contributed by atoms with Crippen LogP contribution in [0, 0.1) is 5.82 Å². The van der Waals surface area contributed by atoms with Crippen molar-refractivity contribution < 1.29 is 18.7 Å². The second-order valence-electron chi connectivity index (χ2n) is 4.38. The van der Waals surface area contributed by atoms with Crippen molar-refractivity contribution in [3.63, 3.8) is 0 Å². The summed E-state index contributed by atoms with van der Waals surface area (Å²) in [5.74, 6) is -2.03. The minimum absolute atomic E-state index is 0.0105. The average molecular weight is 357 g/mol. The van der Waals surface area contributed by atoms with E-state index in [0.717, 1.165) is 6.07 Å². The van der Waals surface area contributed by atoms with E-state index in [1.165, 1.54) is 37.4 Å². The molecular weight excluding hydrogens is 346 g/mol. The van der Waals surface area contributed by atoms with Gasteiger partial charge in [-0.25, -0.2) is 4.39 Å². The van der Waals surface area contributed by atoms with Gasteiger partial charge in [0.05, 0.1) is 17.7 Å². The number of nitrogens with one attached hydrogen (secondary N) is 2. The van der Waals surface area contributed by atoms with Gasteiger partial charge in [0.15, 0.2) is 11.6 Å². The van der Waals surface area contributed by atoms with Crippen LogP contribution >= 0.6 is 23.2 Å². The van der Waals surface area contributed by atoms with Gasteiger partial charge in [0.2, 0.25) is 0 Å². The number of carbonyl (C=O) groups excluding carboxylic acids is 2. The van der Waals surface area contributed by atoms with Crippen LogP contribution in [0.1, 0.15) is 20.7 Å². The first-order valence-electron chi connectivity index (χ1n) is 6.31. The van der Waals surface area contributed by atoms with E-state index in [2.05, 4.69) is 10.9 Å². The maximum Gasteiger partial charge on any atom is 0.271 e. The molecule has 2 amide bonds. The third-order valence-corrected chi connectivity index (χ3v) is 3.44. The van der Waals surface area contributed by atoms with E-state index in [9.17, 15) is 14.0 Å². The SMILES string of the molecule is COc1ccc(C(=O)NNC(=O)c2cc(Cl)ccc2Cl)cc1F. The lowest BCUT2D eigenvalue weighted by atomic mass is 10.2. The molecule has 2 rings (SSSR count). The first-order chi connectivity index (χ1) is 10.9. The van der Waals surface area contributed by atoms with Crippen molar-refractivity contribution >= 4 is 35.0 Å². The zero-order valence-electron chi connectivity index (χ0n) is 11.8. The predicted octanol–water partition coefficient (Wildman–Crippen LogP) is 3.22. The van der Waals surface area contributed by atoms with Gasteiger partial charge in [0, 0.05) is 10.6 Å². The van der Waals surface area contributed by atoms with Crippen LogP contribution < -0.4 is 15.6 Å². The molecule has 0 spiro atoms. The highest BCUT2D eigenvalue weighted by Gasteiger charge is 2.14. The molecule has 2 N–H and O–H groups in total. The quantitative estimate of drug-likeness (QED) is 0.829. The Morgan fingerprint density at radius 2 is 1.74 bits per heavy atom. The molecule has 0 radical (unpaired) electrons. The Kier molecular flexibility index (Phi) is 5.41. The third-order valence-electron chi connectivity index (χ3n) is 2.88. The van der Waals surface area contributed by atoms with Crippen molar-refractivity contribution in [3.05, 3.63) is 63.4 Å². The van der Waals surface area contributed by atoms with Gasteiger partial charge in [0.1, 0.15) is 0 Å². The van der Waals surface area contributed by atoms with Gasteiger partial charge in [-0.1, -0.05) is 23.2 Å². The van der Waals surface area contributed by atoms with E-state index in [4.69, 9.17) is 27.9 Å². The number of amides is 2. The van der Waals surface area contributed by atoms with Crippen LogP contribution in [-0.2, 0) is 0 Å². The summed E-state index contributed by atoms with van der Waals surface area (Å²) in [6.45, 7) is 0. The molecule has 0 aromatic heterocycles. The van der Waals surface area contributed by atoms with Gasteiger partial charge >= 0.3 is 0 Å². The summed E-state index contributed by atoms with van der Waals surface area (Å²) in [4.78, 5) is 23.8. The Balaban J connectivity index is 2.05. The number of methoxy groups -OCH3 is 1. The smallest absolute Gasteiger partial charge is 0.271 e. The molecular formula is C15H11Cl2FN2O3. The van der Waals surface area contributed by atoms with Crippen molar-refractivity contribution in [2.75, 3.05) is 7.11 Å². The molecule has 0 bridgehead atoms. The summed E-state index contributed by atoms with van der Waals surface area (Å²) in [5, 5.41) is 0.500. The Morgan fingerprint density at radius 1 is 1.04 bits per heavy atom. The number of halogens is 3. The zero-order chi connectivity index (χ0) is 17.0. The summed E-state index contributed by atoms with van der Waals surface area (Å²) in [7, 11) is 1.31. The van der Waals surface area contributed by atoms with E-state index < -0.39 is 17.6 Å². The first kappa shape index (κ1) is 17.1. The van der Waals surface area contributed by atoms with Crippen LogP contribution in [0.2, 0.25) is 10.0 Å². The highest BCUT2D eigenvalue weighted by atomic mass is 35.5. The van der Waals surface area contributed by atoms with Gasteiger partial charge < -0.3 is 4.74 Å². The third kappa shape index (κ3) is 4.12. The Labute approximate surface area is 141 Å². The van der Waals surface area contributed by atoms with Crippen LogP contribution in [0.15, 0.2) is 36.4 Å². The number of carbonyl (C=O) groups is 2. The molecule has 23 heavy (non-hydrogen) atoms. The normalized spacial score (nSPS) is 10.1. The van der Waals surface area contributed by atoms with Crippen LogP contribution in [0.3, 0.4) is 0 Å². The second-order valence-corrected chi connectivity index (χ2v) is 5.23. The van der Waals surface area contributed by atoms with Crippen LogP contribution in [0.4, 0.5) is 4.39 Å². The summed E-state index contributed by atoms with van der Waals surface area (Å²) >= 11 is 11.7. The number of ether oxygens (including phenoxy) is 1. The minimum Gasteiger partial charge on any atom is -0.494 e. The summed E-state index contributed by atoms with van der Waals surface area (Å²) in [6.07, 6.45) is 0. The predicted molar refractivity (Wildman–Crippen MR) is 84.3 cm³/mol. The highest BCUT2D eigenvalue weighted by molar-refractivity contribution is 6.35. The summed E-state index contributed by atoms with van der Waals surface area (Å²) < 4.78 is 18.3. The molecule has 0 saturated carbocycles. The topological polar surface area (TPSA) is 67.4 Å². The number of hydrazine groups is 1. The van der Waals surface area contributed by atoms with Crippen molar-refractivity contribution in [3.8, 4) is 5.75 Å². The maximum absolute atomic E-state index is 13.5. The second kappa shape index (κ2) is 7.30. The lowest BCUT2D eigenvalue weighted by molar-refractivity contribution is 0.0846. The lowest BCUT2D eigenvalue weighted by Crippen LogP contribution is -2.41. The largest absolute Gasteiger partial charge is 0.494 e. The van der Waals surface area contributed by atoms with Gasteiger partial charge in [0.25, 0.3) is 11.8 Å². The van der Waals surface area contributed by atoms with Gasteiger partial charge in [-0.05, 0) is 36.4 Å². The van der Waals surface area contributed by atoms with E-state index in [1.54, 1.807) is 0 Å². The molecule has 0 aliphatic carbocycles. The summed E-state index contributed by atoms with van der Waals surface area (Å²) in [5.41, 5.74) is 4.45. The van der Waals surface area contributed by atoms with E-state index in [0.29, 0.717) is 5.02 Å².